The maximum absolute atomic E-state index is 13.0. The van der Waals surface area contributed by atoms with E-state index in [9.17, 15) is 9.59 Å². The molecule has 2 aliphatic rings. The molecule has 14 heteroatoms. The molecule has 2 saturated heterocycles. The smallest absolute Gasteiger partial charge is 0.298 e. The number of nitrogens with one attached hydrogen (secondary N) is 2. The molecule has 49 heavy (non-hydrogen) atoms. The van der Waals surface area contributed by atoms with Crippen LogP contribution >= 0.6 is 22.9 Å². The second-order valence-corrected chi connectivity index (χ2v) is 12.9. The monoisotopic (exact) mass is 700 g/mol. The Labute approximate surface area is 294 Å². The first kappa shape index (κ1) is 34.0. The van der Waals surface area contributed by atoms with Gasteiger partial charge in [-0.2, -0.15) is 0 Å². The van der Waals surface area contributed by atoms with Crippen LogP contribution in [0, 0.1) is 18.8 Å². The van der Waals surface area contributed by atoms with Gasteiger partial charge < -0.3 is 34.8 Å². The van der Waals surface area contributed by atoms with E-state index in [2.05, 4.69) is 43.3 Å². The zero-order valence-corrected chi connectivity index (χ0v) is 29.2. The number of methoxy groups -OCH3 is 1. The van der Waals surface area contributed by atoms with E-state index in [1.807, 2.05) is 37.4 Å². The van der Waals surface area contributed by atoms with Crippen LogP contribution in [0.3, 0.4) is 0 Å². The lowest BCUT2D eigenvalue weighted by molar-refractivity contribution is -0.125. The minimum atomic E-state index is -0.310. The summed E-state index contributed by atoms with van der Waals surface area (Å²) in [6.45, 7) is 8.94. The molecule has 2 fully saturated rings. The first-order chi connectivity index (χ1) is 23.8. The summed E-state index contributed by atoms with van der Waals surface area (Å²) in [5.74, 6) is 6.73. The summed E-state index contributed by atoms with van der Waals surface area (Å²) >= 11 is 7.51. The number of hydrogen-bond donors (Lipinski definition) is 2. The molecule has 3 aromatic heterocycles. The number of pyridine rings is 2. The van der Waals surface area contributed by atoms with Crippen molar-refractivity contribution in [3.05, 3.63) is 64.3 Å². The zero-order valence-electron chi connectivity index (χ0n) is 27.6. The molecule has 1 aromatic carbocycles. The fourth-order valence-electron chi connectivity index (χ4n) is 5.72. The van der Waals surface area contributed by atoms with Gasteiger partial charge in [0.15, 0.2) is 22.5 Å². The number of ether oxygens (including phenoxy) is 2. The predicted octanol–water partition coefficient (Wildman–Crippen LogP) is 5.47. The van der Waals surface area contributed by atoms with Gasteiger partial charge in [-0.25, -0.2) is 15.0 Å². The Bertz CT molecular complexity index is 1870. The standard InChI is InChI=1S/C35H37ClN8O4S/c1-4-7-30(45)43-13-15-44(16-14-43)33-27(42-12-6-18-48-19-17-42)20-24(21-37-33)26-10-11-28(47-3)32(39-26)41-35-38-22-29(49-35)34(46)40-31-23(2)8-5-9-25(31)36/h5,8-11,20-22H,6,12-19H2,1-3H3,(H,40,46)(H,38,39,41). The summed E-state index contributed by atoms with van der Waals surface area (Å²) in [6, 6.07) is 11.3. The van der Waals surface area contributed by atoms with Crippen molar-refractivity contribution in [2.24, 2.45) is 0 Å². The maximum atomic E-state index is 13.0. The molecule has 0 saturated carbocycles. The van der Waals surface area contributed by atoms with Gasteiger partial charge in [0.1, 0.15) is 4.88 Å². The van der Waals surface area contributed by atoms with E-state index in [1.54, 1.807) is 25.0 Å². The van der Waals surface area contributed by atoms with E-state index in [0.717, 1.165) is 42.1 Å². The summed E-state index contributed by atoms with van der Waals surface area (Å²) in [5, 5.41) is 7.07. The van der Waals surface area contributed by atoms with Gasteiger partial charge in [-0.05, 0) is 56.0 Å². The normalized spacial score (nSPS) is 14.8. The molecule has 0 spiro atoms. The number of aromatic nitrogens is 3. The van der Waals surface area contributed by atoms with Crippen molar-refractivity contribution in [1.29, 1.82) is 0 Å². The SMILES string of the molecule is CC#CC(=O)N1CCN(c2ncc(-c3ccc(OC)c(Nc4ncc(C(=O)Nc5c(C)cccc5Cl)s4)n3)cc2N2CCCOCC2)CC1. The van der Waals surface area contributed by atoms with Crippen molar-refractivity contribution in [2.45, 2.75) is 20.3 Å². The number of anilines is 5. The molecule has 12 nitrogen and oxygen atoms in total. The van der Waals surface area contributed by atoms with Crippen molar-refractivity contribution in [1.82, 2.24) is 19.9 Å². The summed E-state index contributed by atoms with van der Waals surface area (Å²) in [5.41, 5.74) is 3.94. The van der Waals surface area contributed by atoms with Gasteiger partial charge in [-0.3, -0.25) is 9.59 Å². The highest BCUT2D eigenvalue weighted by Crippen LogP contribution is 2.36. The number of carbonyl (C=O) groups is 2. The summed E-state index contributed by atoms with van der Waals surface area (Å²) in [4.78, 5) is 46.4. The van der Waals surface area contributed by atoms with Crippen LogP contribution < -0.4 is 25.2 Å². The molecule has 2 N–H and O–H groups in total. The number of hydrogen-bond acceptors (Lipinski definition) is 11. The predicted molar refractivity (Wildman–Crippen MR) is 193 cm³/mol. The molecular formula is C35H37ClN8O4S. The van der Waals surface area contributed by atoms with Crippen molar-refractivity contribution in [3.8, 4) is 28.8 Å². The van der Waals surface area contributed by atoms with E-state index in [0.29, 0.717) is 77.4 Å². The van der Waals surface area contributed by atoms with E-state index in [-0.39, 0.29) is 11.8 Å². The number of benzene rings is 1. The largest absolute Gasteiger partial charge is 0.493 e. The minimum Gasteiger partial charge on any atom is -0.493 e. The van der Waals surface area contributed by atoms with E-state index in [4.69, 9.17) is 31.0 Å². The van der Waals surface area contributed by atoms with E-state index >= 15 is 0 Å². The number of piperazine rings is 1. The van der Waals surface area contributed by atoms with Gasteiger partial charge in [0.05, 0.1) is 42.0 Å². The molecule has 0 radical (unpaired) electrons. The third kappa shape index (κ3) is 7.88. The average molecular weight is 701 g/mol. The molecule has 4 aromatic rings. The van der Waals surface area contributed by atoms with Crippen LogP contribution in [0.4, 0.5) is 28.1 Å². The van der Waals surface area contributed by atoms with Crippen LogP contribution in [-0.4, -0.2) is 91.3 Å². The number of thiazole rings is 1. The molecule has 2 aliphatic heterocycles. The maximum Gasteiger partial charge on any atom is 0.298 e. The van der Waals surface area contributed by atoms with Crippen LogP contribution in [0.2, 0.25) is 5.02 Å². The molecule has 0 atom stereocenters. The zero-order chi connectivity index (χ0) is 34.3. The number of aryl methyl sites for hydroxylation is 1. The lowest BCUT2D eigenvalue weighted by Gasteiger charge is -2.37. The molecule has 0 aliphatic carbocycles. The lowest BCUT2D eigenvalue weighted by Crippen LogP contribution is -2.49. The third-order valence-electron chi connectivity index (χ3n) is 8.30. The molecule has 0 unspecified atom stereocenters. The van der Waals surface area contributed by atoms with Gasteiger partial charge in [-0.15, -0.1) is 0 Å². The number of carbonyl (C=O) groups excluding carboxylic acids is 2. The first-order valence-electron chi connectivity index (χ1n) is 16.0. The van der Waals surface area contributed by atoms with Crippen LogP contribution in [0.25, 0.3) is 11.3 Å². The van der Waals surface area contributed by atoms with Crippen molar-refractivity contribution in [2.75, 3.05) is 80.0 Å². The number of nitrogens with zero attached hydrogens (tertiary/aromatic N) is 6. The molecule has 5 heterocycles. The topological polar surface area (TPSA) is 125 Å². The van der Waals surface area contributed by atoms with Crippen LogP contribution in [0.1, 0.15) is 28.6 Å². The highest BCUT2D eigenvalue weighted by molar-refractivity contribution is 7.17. The Morgan fingerprint density at radius 3 is 2.63 bits per heavy atom. The van der Waals surface area contributed by atoms with Crippen molar-refractivity contribution >= 4 is 62.9 Å². The quantitative estimate of drug-likeness (QED) is 0.229. The third-order valence-corrected chi connectivity index (χ3v) is 9.52. The first-order valence-corrected chi connectivity index (χ1v) is 17.2. The second kappa shape index (κ2) is 15.5. The number of halogens is 1. The van der Waals surface area contributed by atoms with Gasteiger partial charge in [0.2, 0.25) is 0 Å². The molecular weight excluding hydrogens is 664 g/mol. The van der Waals surface area contributed by atoms with Crippen molar-refractivity contribution in [3.63, 3.8) is 0 Å². The van der Waals surface area contributed by atoms with Crippen molar-refractivity contribution < 1.29 is 19.1 Å². The number of para-hydroxylation sites is 1. The van der Waals surface area contributed by atoms with Crippen LogP contribution in [0.15, 0.2) is 48.8 Å². The van der Waals surface area contributed by atoms with Gasteiger partial charge in [0.25, 0.3) is 11.8 Å². The second-order valence-electron chi connectivity index (χ2n) is 11.5. The molecule has 0 bridgehead atoms. The molecule has 6 rings (SSSR count). The Hall–Kier alpha value is -4.90. The molecule has 254 valence electrons. The van der Waals surface area contributed by atoms with Gasteiger partial charge in [-0.1, -0.05) is 41.0 Å². The average Bonchev–Trinajstić information content (AvgIpc) is 3.42. The molecule has 2 amide bonds. The van der Waals surface area contributed by atoms with Gasteiger partial charge in [0, 0.05) is 57.6 Å². The number of rotatable bonds is 8. The highest BCUT2D eigenvalue weighted by atomic mass is 35.5. The Balaban J connectivity index is 1.25. The van der Waals surface area contributed by atoms with E-state index in [1.165, 1.54) is 17.5 Å². The van der Waals surface area contributed by atoms with Gasteiger partial charge >= 0.3 is 0 Å². The van der Waals surface area contributed by atoms with Crippen LogP contribution in [-0.2, 0) is 9.53 Å². The summed E-state index contributed by atoms with van der Waals surface area (Å²) in [6.07, 6.45) is 4.24. The summed E-state index contributed by atoms with van der Waals surface area (Å²) < 4.78 is 11.4. The Morgan fingerprint density at radius 2 is 1.86 bits per heavy atom. The fraction of sp³-hybridized carbons (Fsp3) is 0.343. The summed E-state index contributed by atoms with van der Waals surface area (Å²) in [7, 11) is 1.58. The van der Waals surface area contributed by atoms with Crippen LogP contribution in [0.5, 0.6) is 5.75 Å². The minimum absolute atomic E-state index is 0.144. The van der Waals surface area contributed by atoms with E-state index < -0.39 is 0 Å². The highest BCUT2D eigenvalue weighted by Gasteiger charge is 2.26. The Morgan fingerprint density at radius 1 is 1.02 bits per heavy atom. The lowest BCUT2D eigenvalue weighted by atomic mass is 10.1. The Kier molecular flexibility index (Phi) is 10.8. The fourth-order valence-corrected chi connectivity index (χ4v) is 6.70. The number of amides is 2.